The zero-order valence-electron chi connectivity index (χ0n) is 17.4. The second kappa shape index (κ2) is 9.49. The van der Waals surface area contributed by atoms with Crippen LogP contribution in [0.3, 0.4) is 0 Å². The summed E-state index contributed by atoms with van der Waals surface area (Å²) in [6.07, 6.45) is -0.743. The number of rotatable bonds is 10. The third-order valence-electron chi connectivity index (χ3n) is 5.06. The lowest BCUT2D eigenvalue weighted by atomic mass is 9.97. The Morgan fingerprint density at radius 1 is 1.32 bits per heavy atom. The number of ketones is 1. The van der Waals surface area contributed by atoms with Crippen LogP contribution < -0.4 is 10.6 Å². The van der Waals surface area contributed by atoms with Crippen molar-refractivity contribution < 1.29 is 27.0 Å². The zero-order chi connectivity index (χ0) is 22.6. The Morgan fingerprint density at radius 2 is 2.06 bits per heavy atom. The van der Waals surface area contributed by atoms with Crippen molar-refractivity contribution in [3.05, 3.63) is 30.2 Å². The Kier molecular flexibility index (Phi) is 6.97. The van der Waals surface area contributed by atoms with E-state index in [0.717, 1.165) is 12.8 Å². The van der Waals surface area contributed by atoms with E-state index in [1.54, 1.807) is 32.2 Å². The standard InChI is InChI=1S/C21H26F3N5O2.3H2/c1-12(2)18(16(30)5-7-21(22,23)24)28-17-6-8-25-19(29-17)14-9-15(26-11-14)20(31)27-10-13-3-4-13;;;/h6,8-9,11-13,18,26H,3-5,7,10H2,1-2H3,(H,27,31)(H,25,28,29);3*1H/t18-;;;/m1.../s1. The number of aromatic amines is 1. The number of hydrogen-bond donors (Lipinski definition) is 3. The van der Waals surface area contributed by atoms with Gasteiger partial charge in [0.1, 0.15) is 11.5 Å². The first-order valence-electron chi connectivity index (χ1n) is 10.3. The number of aromatic nitrogens is 3. The fourth-order valence-electron chi connectivity index (χ4n) is 3.09. The van der Waals surface area contributed by atoms with Crippen molar-refractivity contribution in [2.45, 2.75) is 51.7 Å². The maximum Gasteiger partial charge on any atom is 0.389 e. The van der Waals surface area contributed by atoms with Crippen molar-refractivity contribution in [2.24, 2.45) is 11.8 Å². The molecule has 7 nitrogen and oxygen atoms in total. The van der Waals surface area contributed by atoms with E-state index in [2.05, 4.69) is 25.6 Å². The number of anilines is 1. The van der Waals surface area contributed by atoms with Gasteiger partial charge in [-0.25, -0.2) is 9.97 Å². The lowest BCUT2D eigenvalue weighted by Crippen LogP contribution is -2.35. The van der Waals surface area contributed by atoms with Crippen molar-refractivity contribution in [3.8, 4) is 11.4 Å². The summed E-state index contributed by atoms with van der Waals surface area (Å²) in [6, 6.07) is 2.38. The minimum absolute atomic E-state index is 0. The Bertz CT molecular complexity index is 936. The molecule has 0 aliphatic heterocycles. The SMILES string of the molecule is CC(C)[C@@H](Nc1ccnc(-c2c[nH]c(C(=O)NCC3CC3)c2)n1)C(=O)CCC(F)(F)F.[HH].[HH].[HH]. The van der Waals surface area contributed by atoms with Crippen LogP contribution in [-0.2, 0) is 4.79 Å². The Labute approximate surface area is 182 Å². The van der Waals surface area contributed by atoms with E-state index < -0.39 is 30.8 Å². The van der Waals surface area contributed by atoms with Gasteiger partial charge >= 0.3 is 6.18 Å². The molecular weight excluding hydrogens is 411 g/mol. The largest absolute Gasteiger partial charge is 0.389 e. The van der Waals surface area contributed by atoms with E-state index in [-0.39, 0.29) is 16.1 Å². The van der Waals surface area contributed by atoms with E-state index in [0.29, 0.717) is 35.4 Å². The minimum Gasteiger partial charge on any atom is -0.360 e. The molecule has 0 aromatic carbocycles. The molecule has 10 heteroatoms. The van der Waals surface area contributed by atoms with Gasteiger partial charge in [-0.2, -0.15) is 13.2 Å². The third-order valence-corrected chi connectivity index (χ3v) is 5.06. The summed E-state index contributed by atoms with van der Waals surface area (Å²) in [4.78, 5) is 36.0. The van der Waals surface area contributed by atoms with Gasteiger partial charge in [-0.1, -0.05) is 13.8 Å². The Balaban J connectivity index is 0.00000363. The number of H-pyrrole nitrogens is 1. The molecule has 0 radical (unpaired) electrons. The van der Waals surface area contributed by atoms with Crippen LogP contribution in [0.1, 0.15) is 54.3 Å². The van der Waals surface area contributed by atoms with Gasteiger partial charge in [-0.05, 0) is 36.8 Å². The van der Waals surface area contributed by atoms with Crippen LogP contribution >= 0.6 is 0 Å². The van der Waals surface area contributed by atoms with Crippen LogP contribution in [0.4, 0.5) is 19.0 Å². The first kappa shape index (κ1) is 22.8. The summed E-state index contributed by atoms with van der Waals surface area (Å²) in [5.41, 5.74) is 0.977. The van der Waals surface area contributed by atoms with E-state index >= 15 is 0 Å². The predicted molar refractivity (Wildman–Crippen MR) is 116 cm³/mol. The molecule has 1 aliphatic carbocycles. The normalized spacial score (nSPS) is 15.0. The van der Waals surface area contributed by atoms with Crippen LogP contribution in [-0.4, -0.2) is 45.4 Å². The number of carbonyl (C=O) groups excluding carboxylic acids is 2. The highest BCUT2D eigenvalue weighted by Crippen LogP contribution is 2.28. The summed E-state index contributed by atoms with van der Waals surface area (Å²) in [7, 11) is 0. The average molecular weight is 444 g/mol. The summed E-state index contributed by atoms with van der Waals surface area (Å²) in [5.74, 6) is 0.259. The Morgan fingerprint density at radius 3 is 2.71 bits per heavy atom. The van der Waals surface area contributed by atoms with Gasteiger partial charge in [0.15, 0.2) is 11.6 Å². The molecule has 2 heterocycles. The van der Waals surface area contributed by atoms with Crippen molar-refractivity contribution in [1.82, 2.24) is 20.3 Å². The first-order chi connectivity index (χ1) is 14.6. The number of Topliss-reactive ketones (excluding diaryl/α,β-unsaturated/α-hetero) is 1. The van der Waals surface area contributed by atoms with Crippen LogP contribution in [0.25, 0.3) is 11.4 Å². The van der Waals surface area contributed by atoms with Gasteiger partial charge in [0, 0.05) is 35.2 Å². The molecule has 174 valence electrons. The Hall–Kier alpha value is -2.91. The van der Waals surface area contributed by atoms with Gasteiger partial charge in [0.05, 0.1) is 12.5 Å². The molecule has 0 bridgehead atoms. The summed E-state index contributed by atoms with van der Waals surface area (Å²) >= 11 is 0. The molecule has 3 rings (SSSR count). The molecule has 0 spiro atoms. The van der Waals surface area contributed by atoms with Crippen LogP contribution in [0.5, 0.6) is 0 Å². The second-order valence-corrected chi connectivity index (χ2v) is 8.17. The number of carbonyl (C=O) groups is 2. The molecule has 1 atom stereocenters. The minimum atomic E-state index is -4.38. The lowest BCUT2D eigenvalue weighted by Gasteiger charge is -2.22. The third kappa shape index (κ3) is 6.80. The van der Waals surface area contributed by atoms with Crippen molar-refractivity contribution in [2.75, 3.05) is 11.9 Å². The highest BCUT2D eigenvalue weighted by Gasteiger charge is 2.31. The number of halogens is 3. The van der Waals surface area contributed by atoms with Gasteiger partial charge in [0.25, 0.3) is 5.91 Å². The fraction of sp³-hybridized carbons (Fsp3) is 0.524. The summed E-state index contributed by atoms with van der Waals surface area (Å²) in [5, 5.41) is 5.81. The number of alkyl halides is 3. The molecule has 1 aliphatic rings. The number of amides is 1. The second-order valence-electron chi connectivity index (χ2n) is 8.17. The van der Waals surface area contributed by atoms with Crippen molar-refractivity contribution in [3.63, 3.8) is 0 Å². The monoisotopic (exact) mass is 443 g/mol. The smallest absolute Gasteiger partial charge is 0.360 e. The molecule has 1 fully saturated rings. The quantitative estimate of drug-likeness (QED) is 0.494. The molecule has 1 amide bonds. The van der Waals surface area contributed by atoms with Gasteiger partial charge < -0.3 is 15.6 Å². The summed E-state index contributed by atoms with van der Waals surface area (Å²) in [6.45, 7) is 4.16. The van der Waals surface area contributed by atoms with E-state index in [1.807, 2.05) is 0 Å². The molecule has 0 saturated heterocycles. The highest BCUT2D eigenvalue weighted by atomic mass is 19.4. The molecule has 31 heavy (non-hydrogen) atoms. The topological polar surface area (TPSA) is 99.8 Å². The lowest BCUT2D eigenvalue weighted by molar-refractivity contribution is -0.143. The van der Waals surface area contributed by atoms with E-state index in [4.69, 9.17) is 0 Å². The molecule has 2 aromatic heterocycles. The zero-order valence-corrected chi connectivity index (χ0v) is 17.4. The van der Waals surface area contributed by atoms with Crippen molar-refractivity contribution >= 4 is 17.5 Å². The molecule has 0 unspecified atom stereocenters. The van der Waals surface area contributed by atoms with Gasteiger partial charge in [-0.15, -0.1) is 0 Å². The summed E-state index contributed by atoms with van der Waals surface area (Å²) < 4.78 is 37.4. The van der Waals surface area contributed by atoms with Crippen LogP contribution in [0, 0.1) is 11.8 Å². The van der Waals surface area contributed by atoms with Gasteiger partial charge in [0.2, 0.25) is 0 Å². The molecule has 3 N–H and O–H groups in total. The van der Waals surface area contributed by atoms with Crippen LogP contribution in [0.2, 0.25) is 0 Å². The van der Waals surface area contributed by atoms with Gasteiger partial charge in [-0.3, -0.25) is 9.59 Å². The van der Waals surface area contributed by atoms with Crippen LogP contribution in [0.15, 0.2) is 24.5 Å². The molecular formula is C21H32F3N5O2. The average Bonchev–Trinajstić information content (AvgIpc) is 3.41. The van der Waals surface area contributed by atoms with E-state index in [9.17, 15) is 22.8 Å². The first-order valence-corrected chi connectivity index (χ1v) is 10.3. The number of nitrogens with zero attached hydrogens (tertiary/aromatic N) is 2. The van der Waals surface area contributed by atoms with E-state index in [1.165, 1.54) is 6.20 Å². The highest BCUT2D eigenvalue weighted by molar-refractivity contribution is 5.93. The molecule has 2 aromatic rings. The number of nitrogens with one attached hydrogen (secondary N) is 3. The maximum absolute atomic E-state index is 12.5. The van der Waals surface area contributed by atoms with Crippen molar-refractivity contribution in [1.29, 1.82) is 0 Å². The fourth-order valence-corrected chi connectivity index (χ4v) is 3.09. The molecule has 1 saturated carbocycles. The maximum atomic E-state index is 12.5. The predicted octanol–water partition coefficient (Wildman–Crippen LogP) is 4.70. The number of hydrogen-bond acceptors (Lipinski definition) is 5.